The lowest BCUT2D eigenvalue weighted by atomic mass is 10.1. The Morgan fingerprint density at radius 1 is 1.03 bits per heavy atom. The Morgan fingerprint density at radius 2 is 1.75 bits per heavy atom. The third kappa shape index (κ3) is 3.66. The highest BCUT2D eigenvalue weighted by atomic mass is 32.2. The second-order valence-corrected chi connectivity index (χ2v) is 9.99. The van der Waals surface area contributed by atoms with Crippen molar-refractivity contribution in [3.8, 4) is 5.69 Å². The number of hydrogen-bond donors (Lipinski definition) is 1. The summed E-state index contributed by atoms with van der Waals surface area (Å²) in [6.45, 7) is 0.222. The van der Waals surface area contributed by atoms with Gasteiger partial charge >= 0.3 is 0 Å². The lowest BCUT2D eigenvalue weighted by Gasteiger charge is -2.17. The van der Waals surface area contributed by atoms with Gasteiger partial charge in [-0.2, -0.15) is 5.10 Å². The van der Waals surface area contributed by atoms with E-state index in [4.69, 9.17) is 0 Å². The maximum atomic E-state index is 13.4. The molecule has 1 aromatic heterocycles. The van der Waals surface area contributed by atoms with Gasteiger partial charge in [0.15, 0.2) is 9.84 Å². The van der Waals surface area contributed by atoms with Crippen molar-refractivity contribution in [2.75, 3.05) is 16.8 Å². The number of fused-ring (bicyclic) bond motifs is 1. The van der Waals surface area contributed by atoms with Gasteiger partial charge in [0.05, 0.1) is 28.8 Å². The lowest BCUT2D eigenvalue weighted by Crippen LogP contribution is -2.29. The number of benzene rings is 2. The number of sulfone groups is 1. The SMILES string of the molecule is O=C(Nc1c2c(nn1-c1ccc(F)cc1)CS(=O)(=O)C2)[C@H]1CC(=O)N(c2ccccc2)C1. The summed E-state index contributed by atoms with van der Waals surface area (Å²) in [4.78, 5) is 27.2. The second-order valence-electron chi connectivity index (χ2n) is 7.92. The highest BCUT2D eigenvalue weighted by Gasteiger charge is 2.38. The Hall–Kier alpha value is -3.53. The van der Waals surface area contributed by atoms with Crippen molar-refractivity contribution in [3.63, 3.8) is 0 Å². The summed E-state index contributed by atoms with van der Waals surface area (Å²) in [6, 6.07) is 14.6. The molecule has 2 aliphatic heterocycles. The molecule has 0 bridgehead atoms. The molecule has 1 atom stereocenters. The number of para-hydroxylation sites is 1. The summed E-state index contributed by atoms with van der Waals surface area (Å²) in [5.74, 6) is -1.80. The zero-order valence-corrected chi connectivity index (χ0v) is 17.7. The van der Waals surface area contributed by atoms with Crippen molar-refractivity contribution in [1.29, 1.82) is 0 Å². The third-order valence-electron chi connectivity index (χ3n) is 5.66. The van der Waals surface area contributed by atoms with Crippen molar-refractivity contribution in [2.45, 2.75) is 17.9 Å². The first-order chi connectivity index (χ1) is 15.3. The molecule has 0 spiro atoms. The van der Waals surface area contributed by atoms with Crippen LogP contribution in [0.3, 0.4) is 0 Å². The number of hydrogen-bond acceptors (Lipinski definition) is 5. The maximum absolute atomic E-state index is 13.4. The highest BCUT2D eigenvalue weighted by Crippen LogP contribution is 2.34. The zero-order chi connectivity index (χ0) is 22.5. The summed E-state index contributed by atoms with van der Waals surface area (Å²) in [7, 11) is -3.35. The molecule has 8 nitrogen and oxygen atoms in total. The molecule has 5 rings (SSSR count). The van der Waals surface area contributed by atoms with E-state index < -0.39 is 27.5 Å². The number of carbonyl (C=O) groups excluding carboxylic acids is 2. The summed E-state index contributed by atoms with van der Waals surface area (Å²) < 4.78 is 39.0. The van der Waals surface area contributed by atoms with Gasteiger partial charge in [-0.25, -0.2) is 17.5 Å². The first kappa shape index (κ1) is 20.4. The van der Waals surface area contributed by atoms with E-state index in [-0.39, 0.29) is 36.2 Å². The fourth-order valence-corrected chi connectivity index (χ4v) is 5.59. The van der Waals surface area contributed by atoms with Crippen LogP contribution in [-0.2, 0) is 30.9 Å². The quantitative estimate of drug-likeness (QED) is 0.653. The lowest BCUT2D eigenvalue weighted by molar-refractivity contribution is -0.122. The predicted molar refractivity (Wildman–Crippen MR) is 115 cm³/mol. The molecular weight excluding hydrogens is 435 g/mol. The topological polar surface area (TPSA) is 101 Å². The largest absolute Gasteiger partial charge is 0.312 e. The Bertz CT molecular complexity index is 1320. The van der Waals surface area contributed by atoms with Crippen molar-refractivity contribution in [3.05, 3.63) is 71.7 Å². The van der Waals surface area contributed by atoms with E-state index in [1.807, 2.05) is 18.2 Å². The van der Waals surface area contributed by atoms with Crippen molar-refractivity contribution in [2.24, 2.45) is 5.92 Å². The summed E-state index contributed by atoms with van der Waals surface area (Å²) in [6.07, 6.45) is 0.0475. The molecule has 0 radical (unpaired) electrons. The molecule has 0 unspecified atom stereocenters. The molecule has 1 fully saturated rings. The molecular formula is C22H19FN4O4S. The first-order valence-electron chi connectivity index (χ1n) is 10.0. The van der Waals surface area contributed by atoms with Crippen LogP contribution >= 0.6 is 0 Å². The number of aromatic nitrogens is 2. The first-order valence-corrected chi connectivity index (χ1v) is 11.9. The van der Waals surface area contributed by atoms with E-state index in [0.717, 1.165) is 5.69 Å². The number of anilines is 2. The van der Waals surface area contributed by atoms with Gasteiger partial charge in [0.1, 0.15) is 11.6 Å². The smallest absolute Gasteiger partial charge is 0.230 e. The van der Waals surface area contributed by atoms with E-state index in [9.17, 15) is 22.4 Å². The molecule has 164 valence electrons. The monoisotopic (exact) mass is 454 g/mol. The van der Waals surface area contributed by atoms with Crippen LogP contribution in [-0.4, -0.2) is 36.6 Å². The van der Waals surface area contributed by atoms with E-state index in [1.54, 1.807) is 17.0 Å². The number of nitrogens with zero attached hydrogens (tertiary/aromatic N) is 3. The zero-order valence-electron chi connectivity index (χ0n) is 16.9. The van der Waals surface area contributed by atoms with Crippen LogP contribution in [0.15, 0.2) is 54.6 Å². The van der Waals surface area contributed by atoms with Crippen LogP contribution in [0.25, 0.3) is 5.69 Å². The van der Waals surface area contributed by atoms with Crippen LogP contribution in [0.5, 0.6) is 0 Å². The Balaban J connectivity index is 1.44. The predicted octanol–water partition coefficient (Wildman–Crippen LogP) is 2.43. The molecule has 3 aromatic rings. The van der Waals surface area contributed by atoms with Gasteiger partial charge in [-0.1, -0.05) is 18.2 Å². The molecule has 10 heteroatoms. The number of rotatable bonds is 4. The van der Waals surface area contributed by atoms with Crippen molar-refractivity contribution < 1.29 is 22.4 Å². The fraction of sp³-hybridized carbons (Fsp3) is 0.227. The van der Waals surface area contributed by atoms with Crippen LogP contribution in [0.1, 0.15) is 17.7 Å². The van der Waals surface area contributed by atoms with Crippen LogP contribution in [0.4, 0.5) is 15.9 Å². The molecule has 2 aromatic carbocycles. The molecule has 3 heterocycles. The minimum Gasteiger partial charge on any atom is -0.312 e. The van der Waals surface area contributed by atoms with E-state index in [0.29, 0.717) is 16.9 Å². The van der Waals surface area contributed by atoms with Crippen LogP contribution in [0.2, 0.25) is 0 Å². The Kier molecular flexibility index (Phi) is 4.81. The molecule has 32 heavy (non-hydrogen) atoms. The van der Waals surface area contributed by atoms with Crippen molar-refractivity contribution in [1.82, 2.24) is 9.78 Å². The minimum atomic E-state index is -3.35. The summed E-state index contributed by atoms with van der Waals surface area (Å²) in [5.41, 5.74) is 1.99. The van der Waals surface area contributed by atoms with E-state index >= 15 is 0 Å². The number of halogens is 1. The highest BCUT2D eigenvalue weighted by molar-refractivity contribution is 7.90. The molecule has 2 amide bonds. The number of amides is 2. The van der Waals surface area contributed by atoms with Gasteiger partial charge in [0.2, 0.25) is 11.8 Å². The minimum absolute atomic E-state index is 0.0475. The Labute approximate surface area is 183 Å². The van der Waals surface area contributed by atoms with Gasteiger partial charge < -0.3 is 10.2 Å². The number of carbonyl (C=O) groups is 2. The van der Waals surface area contributed by atoms with E-state index in [1.165, 1.54) is 28.9 Å². The van der Waals surface area contributed by atoms with Crippen LogP contribution < -0.4 is 10.2 Å². The van der Waals surface area contributed by atoms with Crippen LogP contribution in [0, 0.1) is 11.7 Å². The van der Waals surface area contributed by atoms with E-state index in [2.05, 4.69) is 10.4 Å². The van der Waals surface area contributed by atoms with Gasteiger partial charge in [0.25, 0.3) is 0 Å². The van der Waals surface area contributed by atoms with Crippen molar-refractivity contribution >= 4 is 33.2 Å². The Morgan fingerprint density at radius 3 is 2.47 bits per heavy atom. The average molecular weight is 454 g/mol. The maximum Gasteiger partial charge on any atom is 0.230 e. The standard InChI is InChI=1S/C22H19FN4O4S/c23-15-6-8-17(9-7-15)27-21(18-12-32(30,31)13-19(18)25-27)24-22(29)14-10-20(28)26(11-14)16-4-2-1-3-5-16/h1-9,14H,10-13H2,(H,24,29)/t14-/m0/s1. The van der Waals surface area contributed by atoms with Gasteiger partial charge in [-0.05, 0) is 36.4 Å². The second kappa shape index (κ2) is 7.56. The summed E-state index contributed by atoms with van der Waals surface area (Å²) >= 11 is 0. The molecule has 0 aliphatic carbocycles. The van der Waals surface area contributed by atoms with Gasteiger partial charge in [0, 0.05) is 24.2 Å². The molecule has 1 saturated heterocycles. The number of nitrogens with one attached hydrogen (secondary N) is 1. The molecule has 1 N–H and O–H groups in total. The fourth-order valence-electron chi connectivity index (χ4n) is 4.10. The average Bonchev–Trinajstić information content (AvgIpc) is 3.40. The normalized spacial score (nSPS) is 19.2. The molecule has 2 aliphatic rings. The molecule has 0 saturated carbocycles. The summed E-state index contributed by atoms with van der Waals surface area (Å²) in [5, 5.41) is 7.17. The van der Waals surface area contributed by atoms with Gasteiger partial charge in [-0.15, -0.1) is 0 Å². The third-order valence-corrected chi connectivity index (χ3v) is 7.11. The van der Waals surface area contributed by atoms with Gasteiger partial charge in [-0.3, -0.25) is 9.59 Å².